The number of guanidine groups is 1. The number of hydrogen-bond donors (Lipinski definition) is 2. The first-order valence-electron chi connectivity index (χ1n) is 10.5. The Morgan fingerprint density at radius 3 is 2.58 bits per heavy atom. The molecule has 1 heterocycles. The molecule has 10 heteroatoms. The maximum atomic E-state index is 12.9. The van der Waals surface area contributed by atoms with Crippen molar-refractivity contribution in [1.29, 1.82) is 0 Å². The lowest BCUT2D eigenvalue weighted by atomic mass is 9.89. The molecule has 0 atom stereocenters. The summed E-state index contributed by atoms with van der Waals surface area (Å²) in [5.41, 5.74) is 0.433. The Morgan fingerprint density at radius 1 is 1.19 bits per heavy atom. The lowest BCUT2D eigenvalue weighted by Gasteiger charge is -2.23. The number of nitrogens with zero attached hydrogens (tertiary/aromatic N) is 2. The molecule has 31 heavy (non-hydrogen) atoms. The number of rotatable bonds is 8. The van der Waals surface area contributed by atoms with Crippen molar-refractivity contribution in [2.24, 2.45) is 10.9 Å². The van der Waals surface area contributed by atoms with Crippen molar-refractivity contribution in [3.05, 3.63) is 17.7 Å². The van der Waals surface area contributed by atoms with E-state index in [2.05, 4.69) is 20.4 Å². The van der Waals surface area contributed by atoms with E-state index in [4.69, 9.17) is 9.47 Å². The number of benzene rings is 1. The van der Waals surface area contributed by atoms with Gasteiger partial charge in [-0.15, -0.1) is 0 Å². The Labute approximate surface area is 180 Å². The molecular formula is C21H30F2N4O4. The number of carbonyl (C=O) groups excluding carboxylic acids is 1. The maximum absolute atomic E-state index is 12.9. The van der Waals surface area contributed by atoms with Gasteiger partial charge in [-0.2, -0.15) is 8.78 Å². The molecule has 0 aromatic heterocycles. The maximum Gasteiger partial charge on any atom is 0.387 e. The molecule has 1 fully saturated rings. The first-order chi connectivity index (χ1) is 14.9. The van der Waals surface area contributed by atoms with Gasteiger partial charge in [-0.05, 0) is 24.8 Å². The molecule has 1 amide bonds. The fraction of sp³-hybridized carbons (Fsp3) is 0.619. The summed E-state index contributed by atoms with van der Waals surface area (Å²) in [5.74, 6) is 1.69. The highest BCUT2D eigenvalue weighted by molar-refractivity contribution is 5.86. The van der Waals surface area contributed by atoms with Crippen LogP contribution in [0, 0.1) is 5.92 Å². The highest BCUT2D eigenvalue weighted by Gasteiger charge is 2.20. The summed E-state index contributed by atoms with van der Waals surface area (Å²) in [4.78, 5) is 18.0. The first kappa shape index (κ1) is 22.9. The zero-order valence-electron chi connectivity index (χ0n) is 18.0. The molecule has 1 aromatic carbocycles. The molecule has 0 spiro atoms. The number of likely N-dealkylation sites (N-methyl/N-ethyl adjacent to an activating group) is 1. The topological polar surface area (TPSA) is 84.4 Å². The van der Waals surface area contributed by atoms with Crippen LogP contribution < -0.4 is 24.8 Å². The van der Waals surface area contributed by atoms with Gasteiger partial charge in [0.1, 0.15) is 5.75 Å². The van der Waals surface area contributed by atoms with Crippen LogP contribution in [0.1, 0.15) is 37.7 Å². The van der Waals surface area contributed by atoms with Crippen molar-refractivity contribution in [2.75, 3.05) is 34.0 Å². The highest BCUT2D eigenvalue weighted by atomic mass is 19.3. The number of amides is 1. The van der Waals surface area contributed by atoms with Crippen LogP contribution in [-0.4, -0.2) is 57.4 Å². The third-order valence-corrected chi connectivity index (χ3v) is 5.37. The second-order valence-electron chi connectivity index (χ2n) is 7.88. The summed E-state index contributed by atoms with van der Waals surface area (Å²) in [5, 5.41) is 6.32. The Hall–Kier alpha value is -2.78. The van der Waals surface area contributed by atoms with E-state index < -0.39 is 6.61 Å². The predicted molar refractivity (Wildman–Crippen MR) is 112 cm³/mol. The second kappa shape index (κ2) is 11.0. The van der Waals surface area contributed by atoms with Gasteiger partial charge in [0.05, 0.1) is 13.1 Å². The van der Waals surface area contributed by atoms with Gasteiger partial charge in [0, 0.05) is 32.3 Å². The van der Waals surface area contributed by atoms with Gasteiger partial charge in [0.25, 0.3) is 0 Å². The molecule has 1 saturated carbocycles. The molecule has 0 saturated heterocycles. The monoisotopic (exact) mass is 440 g/mol. The van der Waals surface area contributed by atoms with Crippen LogP contribution in [0.4, 0.5) is 8.78 Å². The fourth-order valence-electron chi connectivity index (χ4n) is 3.58. The molecule has 172 valence electrons. The van der Waals surface area contributed by atoms with Crippen LogP contribution in [0.3, 0.4) is 0 Å². The van der Waals surface area contributed by atoms with E-state index in [0.717, 1.165) is 19.4 Å². The normalized spacial score (nSPS) is 16.4. The summed E-state index contributed by atoms with van der Waals surface area (Å²) in [6, 6.07) is 2.98. The van der Waals surface area contributed by atoms with E-state index >= 15 is 0 Å². The highest BCUT2D eigenvalue weighted by Crippen LogP contribution is 2.39. The first-order valence-corrected chi connectivity index (χ1v) is 10.5. The number of fused-ring (bicyclic) bond motifs is 1. The molecule has 2 N–H and O–H groups in total. The van der Waals surface area contributed by atoms with Crippen molar-refractivity contribution in [2.45, 2.75) is 45.3 Å². The summed E-state index contributed by atoms with van der Waals surface area (Å²) in [7, 11) is 3.35. The molecule has 2 aliphatic rings. The van der Waals surface area contributed by atoms with E-state index in [0.29, 0.717) is 28.9 Å². The van der Waals surface area contributed by atoms with Crippen molar-refractivity contribution >= 4 is 11.9 Å². The summed E-state index contributed by atoms with van der Waals surface area (Å²) >= 11 is 0. The van der Waals surface area contributed by atoms with Crippen LogP contribution in [0.15, 0.2) is 17.1 Å². The molecule has 0 unspecified atom stereocenters. The zero-order chi connectivity index (χ0) is 22.2. The minimum absolute atomic E-state index is 0.0148. The van der Waals surface area contributed by atoms with Crippen molar-refractivity contribution in [3.8, 4) is 17.2 Å². The second-order valence-corrected chi connectivity index (χ2v) is 7.88. The van der Waals surface area contributed by atoms with Gasteiger partial charge in [-0.25, -0.2) is 4.99 Å². The van der Waals surface area contributed by atoms with E-state index in [1.807, 2.05) is 0 Å². The van der Waals surface area contributed by atoms with Crippen molar-refractivity contribution in [3.63, 3.8) is 0 Å². The Balaban J connectivity index is 1.72. The minimum Gasteiger partial charge on any atom is -0.454 e. The third kappa shape index (κ3) is 6.86. The number of halogens is 2. The lowest BCUT2D eigenvalue weighted by Crippen LogP contribution is -2.44. The van der Waals surface area contributed by atoms with E-state index in [9.17, 15) is 13.6 Å². The molecule has 3 rings (SSSR count). The number of ether oxygens (including phenoxy) is 3. The molecule has 1 aromatic rings. The summed E-state index contributed by atoms with van der Waals surface area (Å²) in [6.45, 7) is -2.06. The summed E-state index contributed by atoms with van der Waals surface area (Å²) in [6.07, 6.45) is 6.02. The number of hydrogen-bond acceptors (Lipinski definition) is 5. The van der Waals surface area contributed by atoms with E-state index in [1.54, 1.807) is 20.2 Å². The van der Waals surface area contributed by atoms with E-state index in [-0.39, 0.29) is 31.5 Å². The molecule has 1 aliphatic heterocycles. The van der Waals surface area contributed by atoms with E-state index in [1.165, 1.54) is 30.2 Å². The number of nitrogens with one attached hydrogen (secondary N) is 2. The van der Waals surface area contributed by atoms with Gasteiger partial charge in [-0.1, -0.05) is 19.3 Å². The van der Waals surface area contributed by atoms with Gasteiger partial charge in [0.2, 0.25) is 12.7 Å². The average Bonchev–Trinajstić information content (AvgIpc) is 3.20. The van der Waals surface area contributed by atoms with Crippen LogP contribution >= 0.6 is 0 Å². The number of aliphatic imine (C=N–C) groups is 1. The van der Waals surface area contributed by atoms with Crippen molar-refractivity contribution < 1.29 is 27.8 Å². The summed E-state index contributed by atoms with van der Waals surface area (Å²) < 4.78 is 41.0. The standard InChI is InChI=1S/C21H30F2N4O4/c1-27(2)19(28)12-26-21(24-10-14-6-4-3-5-7-14)25-11-15-8-17-18(30-13-29-17)9-16(15)31-20(22)23/h8-9,14,20H,3-7,10-13H2,1-2H3,(H2,24,25,26). The molecule has 0 bridgehead atoms. The number of carbonyl (C=O) groups is 1. The van der Waals surface area contributed by atoms with Gasteiger partial charge in [-0.3, -0.25) is 4.79 Å². The Morgan fingerprint density at radius 2 is 1.90 bits per heavy atom. The zero-order valence-corrected chi connectivity index (χ0v) is 18.0. The third-order valence-electron chi connectivity index (χ3n) is 5.37. The quantitative estimate of drug-likeness (QED) is 0.478. The lowest BCUT2D eigenvalue weighted by molar-refractivity contribution is -0.127. The van der Waals surface area contributed by atoms with Gasteiger partial charge < -0.3 is 29.7 Å². The molecule has 0 radical (unpaired) electrons. The smallest absolute Gasteiger partial charge is 0.387 e. The van der Waals surface area contributed by atoms with Crippen molar-refractivity contribution in [1.82, 2.24) is 15.5 Å². The molecule has 8 nitrogen and oxygen atoms in total. The molecular weight excluding hydrogens is 410 g/mol. The average molecular weight is 440 g/mol. The Kier molecular flexibility index (Phi) is 8.13. The SMILES string of the molecule is CN(C)C(=O)CNC(=NCc1cc2c(cc1OC(F)F)OCO2)NCC1CCCCC1. The van der Waals surface area contributed by atoms with Gasteiger partial charge >= 0.3 is 6.61 Å². The Bertz CT molecular complexity index is 783. The van der Waals surface area contributed by atoms with Crippen LogP contribution in [0.25, 0.3) is 0 Å². The molecule has 1 aliphatic carbocycles. The predicted octanol–water partition coefficient (Wildman–Crippen LogP) is 2.72. The minimum atomic E-state index is -2.97. The van der Waals surface area contributed by atoms with Crippen LogP contribution in [0.2, 0.25) is 0 Å². The van der Waals surface area contributed by atoms with Gasteiger partial charge in [0.15, 0.2) is 17.5 Å². The largest absolute Gasteiger partial charge is 0.454 e. The fourth-order valence-corrected chi connectivity index (χ4v) is 3.58. The number of alkyl halides is 2. The van der Waals surface area contributed by atoms with Crippen LogP contribution in [0.5, 0.6) is 17.2 Å². The van der Waals surface area contributed by atoms with Crippen LogP contribution in [-0.2, 0) is 11.3 Å².